The molecule has 2 nitrogen and oxygen atoms in total. The molecule has 6 aromatic rings. The van der Waals surface area contributed by atoms with Gasteiger partial charge in [-0.3, -0.25) is 0 Å². The van der Waals surface area contributed by atoms with Crippen molar-refractivity contribution >= 4 is 39.0 Å². The van der Waals surface area contributed by atoms with Gasteiger partial charge >= 0.3 is 0 Å². The number of furan rings is 1. The first-order valence-corrected chi connectivity index (χ1v) is 13.7. The minimum absolute atomic E-state index is 0.733. The lowest BCUT2D eigenvalue weighted by atomic mass is 9.85. The van der Waals surface area contributed by atoms with E-state index >= 15 is 0 Å². The maximum Gasteiger partial charge on any atom is 0.159 e. The van der Waals surface area contributed by atoms with Gasteiger partial charge in [-0.2, -0.15) is 0 Å². The Hall–Kier alpha value is -4.30. The van der Waals surface area contributed by atoms with Crippen molar-refractivity contribution in [3.63, 3.8) is 0 Å². The van der Waals surface area contributed by atoms with Gasteiger partial charge in [0.05, 0.1) is 5.69 Å². The molecule has 38 heavy (non-hydrogen) atoms. The maximum absolute atomic E-state index is 6.59. The molecule has 2 aliphatic rings. The van der Waals surface area contributed by atoms with E-state index < -0.39 is 0 Å². The molecule has 5 aromatic carbocycles. The summed E-state index contributed by atoms with van der Waals surface area (Å²) in [5.41, 5.74) is 12.3. The van der Waals surface area contributed by atoms with Gasteiger partial charge in [-0.15, -0.1) is 0 Å². The van der Waals surface area contributed by atoms with Crippen molar-refractivity contribution in [2.75, 3.05) is 4.90 Å². The molecule has 2 unspecified atom stereocenters. The summed E-state index contributed by atoms with van der Waals surface area (Å²) in [6.45, 7) is 2.32. The van der Waals surface area contributed by atoms with E-state index in [4.69, 9.17) is 4.42 Å². The number of benzene rings is 5. The van der Waals surface area contributed by atoms with Crippen molar-refractivity contribution in [3.05, 3.63) is 126 Å². The van der Waals surface area contributed by atoms with E-state index in [0.717, 1.165) is 50.8 Å². The zero-order chi connectivity index (χ0) is 25.2. The average Bonchev–Trinajstić information content (AvgIpc) is 3.68. The van der Waals surface area contributed by atoms with Crippen LogP contribution in [0.3, 0.4) is 0 Å². The highest BCUT2D eigenvalue weighted by Crippen LogP contribution is 2.55. The molecular formula is C36H29NO. The number of hydrogen-bond acceptors (Lipinski definition) is 2. The van der Waals surface area contributed by atoms with Crippen LogP contribution >= 0.6 is 0 Å². The van der Waals surface area contributed by atoms with Crippen LogP contribution in [0.2, 0.25) is 0 Å². The van der Waals surface area contributed by atoms with Gasteiger partial charge in [0.2, 0.25) is 0 Å². The van der Waals surface area contributed by atoms with Gasteiger partial charge in [-0.05, 0) is 108 Å². The van der Waals surface area contributed by atoms with E-state index in [1.165, 1.54) is 36.0 Å². The molecule has 184 valence electrons. The Morgan fingerprint density at radius 2 is 1.32 bits per heavy atom. The molecule has 2 heteroatoms. The Morgan fingerprint density at radius 1 is 0.658 bits per heavy atom. The predicted molar refractivity (Wildman–Crippen MR) is 158 cm³/mol. The maximum atomic E-state index is 6.59. The molecule has 1 fully saturated rings. The summed E-state index contributed by atoms with van der Waals surface area (Å²) >= 11 is 0. The van der Waals surface area contributed by atoms with Gasteiger partial charge < -0.3 is 9.32 Å². The Balaban J connectivity index is 1.42. The fourth-order valence-electron chi connectivity index (χ4n) is 7.14. The standard InChI is InChI=1S/C36H29NO/c1-23-18-26(20-31-24-16-17-25(19-24)35(23)31)27-21-32-30-14-8-9-15-34(30)38-36(32)33(22-27)37(28-10-4-2-5-11-28)29-12-6-3-7-13-29/h2-15,18,20-22,24-25H,16-17,19H2,1H3. The van der Waals surface area contributed by atoms with E-state index in [1.807, 2.05) is 0 Å². The van der Waals surface area contributed by atoms with Crippen molar-refractivity contribution < 1.29 is 4.42 Å². The summed E-state index contributed by atoms with van der Waals surface area (Å²) in [6, 6.07) is 39.2. The summed E-state index contributed by atoms with van der Waals surface area (Å²) in [4.78, 5) is 2.33. The molecule has 1 saturated carbocycles. The molecule has 0 N–H and O–H groups in total. The Bertz CT molecular complexity index is 1780. The van der Waals surface area contributed by atoms with Crippen LogP contribution in [0.5, 0.6) is 0 Å². The summed E-state index contributed by atoms with van der Waals surface area (Å²) in [6.07, 6.45) is 4.04. The number of para-hydroxylation sites is 3. The summed E-state index contributed by atoms with van der Waals surface area (Å²) in [7, 11) is 0. The van der Waals surface area contributed by atoms with Gasteiger partial charge in [0.25, 0.3) is 0 Å². The van der Waals surface area contributed by atoms with Gasteiger partial charge in [-0.1, -0.05) is 66.7 Å². The lowest BCUT2D eigenvalue weighted by Gasteiger charge is -2.26. The Kier molecular flexibility index (Phi) is 4.79. The predicted octanol–water partition coefficient (Wildman–Crippen LogP) is 10.4. The second-order valence-corrected chi connectivity index (χ2v) is 11.0. The van der Waals surface area contributed by atoms with Crippen molar-refractivity contribution in [1.29, 1.82) is 0 Å². The molecule has 0 spiro atoms. The first-order chi connectivity index (χ1) is 18.7. The third-order valence-electron chi connectivity index (χ3n) is 8.76. The van der Waals surface area contributed by atoms with Gasteiger partial charge in [0.15, 0.2) is 5.58 Å². The monoisotopic (exact) mass is 491 g/mol. The number of hydrogen-bond donors (Lipinski definition) is 0. The van der Waals surface area contributed by atoms with Crippen LogP contribution in [-0.2, 0) is 0 Å². The van der Waals surface area contributed by atoms with E-state index in [-0.39, 0.29) is 0 Å². The van der Waals surface area contributed by atoms with Crippen LogP contribution in [0.15, 0.2) is 114 Å². The smallest absolute Gasteiger partial charge is 0.159 e. The number of rotatable bonds is 4. The van der Waals surface area contributed by atoms with Crippen molar-refractivity contribution in [2.24, 2.45) is 0 Å². The highest BCUT2D eigenvalue weighted by molar-refractivity contribution is 6.12. The van der Waals surface area contributed by atoms with E-state index in [0.29, 0.717) is 0 Å². The third kappa shape index (κ3) is 3.26. The lowest BCUT2D eigenvalue weighted by Crippen LogP contribution is -2.10. The van der Waals surface area contributed by atoms with Gasteiger partial charge in [0, 0.05) is 22.1 Å². The minimum Gasteiger partial charge on any atom is -0.454 e. The average molecular weight is 492 g/mol. The zero-order valence-corrected chi connectivity index (χ0v) is 21.5. The van der Waals surface area contributed by atoms with Crippen LogP contribution in [0.1, 0.15) is 47.8 Å². The highest BCUT2D eigenvalue weighted by Gasteiger charge is 2.38. The van der Waals surface area contributed by atoms with Crippen molar-refractivity contribution in [2.45, 2.75) is 38.0 Å². The number of aryl methyl sites for hydroxylation is 1. The Labute approximate surface area is 223 Å². The molecule has 1 heterocycles. The summed E-state index contributed by atoms with van der Waals surface area (Å²) in [5.74, 6) is 1.50. The normalized spacial score (nSPS) is 17.8. The van der Waals surface area contributed by atoms with E-state index in [9.17, 15) is 0 Å². The van der Waals surface area contributed by atoms with Crippen LogP contribution in [0.4, 0.5) is 17.1 Å². The molecule has 2 bridgehead atoms. The summed E-state index contributed by atoms with van der Waals surface area (Å²) in [5, 5.41) is 2.31. The zero-order valence-electron chi connectivity index (χ0n) is 21.5. The number of fused-ring (bicyclic) bond motifs is 8. The largest absolute Gasteiger partial charge is 0.454 e. The summed E-state index contributed by atoms with van der Waals surface area (Å²) < 4.78 is 6.59. The van der Waals surface area contributed by atoms with E-state index in [1.54, 1.807) is 11.1 Å². The molecule has 2 atom stereocenters. The quantitative estimate of drug-likeness (QED) is 0.244. The molecule has 8 rings (SSSR count). The molecule has 2 aliphatic carbocycles. The van der Waals surface area contributed by atoms with Crippen LogP contribution < -0.4 is 4.90 Å². The second-order valence-electron chi connectivity index (χ2n) is 11.0. The SMILES string of the molecule is Cc1cc(-c2cc(N(c3ccccc3)c3ccccc3)c3oc4ccccc4c3c2)cc2c1C1CCC2C1. The molecule has 1 aromatic heterocycles. The highest BCUT2D eigenvalue weighted by atomic mass is 16.3. The molecule has 0 amide bonds. The molecule has 0 radical (unpaired) electrons. The van der Waals surface area contributed by atoms with Crippen molar-refractivity contribution in [3.8, 4) is 11.1 Å². The lowest BCUT2D eigenvalue weighted by molar-refractivity contribution is 0.669. The van der Waals surface area contributed by atoms with Crippen LogP contribution in [0.25, 0.3) is 33.1 Å². The topological polar surface area (TPSA) is 16.4 Å². The molecule has 0 saturated heterocycles. The van der Waals surface area contributed by atoms with Crippen molar-refractivity contribution in [1.82, 2.24) is 0 Å². The fraction of sp³-hybridized carbons (Fsp3) is 0.167. The number of nitrogens with zero attached hydrogens (tertiary/aromatic N) is 1. The Morgan fingerprint density at radius 3 is 2.08 bits per heavy atom. The van der Waals surface area contributed by atoms with Crippen LogP contribution in [-0.4, -0.2) is 0 Å². The van der Waals surface area contributed by atoms with E-state index in [2.05, 4.69) is 121 Å². The number of anilines is 3. The van der Waals surface area contributed by atoms with Gasteiger partial charge in [0.1, 0.15) is 5.58 Å². The minimum atomic E-state index is 0.733. The molecule has 0 aliphatic heterocycles. The first kappa shape index (κ1) is 21.8. The fourth-order valence-corrected chi connectivity index (χ4v) is 7.14. The molecular weight excluding hydrogens is 462 g/mol. The van der Waals surface area contributed by atoms with Gasteiger partial charge in [-0.25, -0.2) is 0 Å². The first-order valence-electron chi connectivity index (χ1n) is 13.7. The second kappa shape index (κ2) is 8.36. The van der Waals surface area contributed by atoms with Crippen LogP contribution in [0, 0.1) is 6.92 Å². The third-order valence-corrected chi connectivity index (χ3v) is 8.76.